The van der Waals surface area contributed by atoms with Gasteiger partial charge in [-0.25, -0.2) is 44.9 Å². The van der Waals surface area contributed by atoms with Crippen LogP contribution in [0, 0.1) is 20.8 Å². The maximum absolute atomic E-state index is 5.38. The summed E-state index contributed by atoms with van der Waals surface area (Å²) in [4.78, 5) is 46.2. The molecule has 0 bridgehead atoms. The van der Waals surface area contributed by atoms with Crippen molar-refractivity contribution in [2.45, 2.75) is 20.8 Å². The van der Waals surface area contributed by atoms with Crippen LogP contribution in [0.4, 0.5) is 0 Å². The fraction of sp³-hybridized carbons (Fsp3) is 0.0227. The van der Waals surface area contributed by atoms with Crippen LogP contribution in [-0.4, -0.2) is 58.6 Å². The van der Waals surface area contributed by atoms with Crippen molar-refractivity contribution in [3.63, 3.8) is 0 Å². The van der Waals surface area contributed by atoms with Crippen molar-refractivity contribution in [1.82, 2.24) is 58.6 Å². The summed E-state index contributed by atoms with van der Waals surface area (Å²) in [6.07, 6.45) is 0. The minimum atomic E-state index is 0.674. The molecule has 21 aromatic carbocycles. The Morgan fingerprint density at radius 1 is 0.153 bits per heavy atom. The number of aryl methyl sites for hydroxylation is 3. The molecule has 27 aromatic rings. The summed E-state index contributed by atoms with van der Waals surface area (Å²) < 4.78 is 6.70. The van der Waals surface area contributed by atoms with Gasteiger partial charge in [-0.15, -0.1) is 0 Å². The van der Waals surface area contributed by atoms with Crippen LogP contribution in [0.15, 0.2) is 491 Å². The van der Waals surface area contributed by atoms with E-state index in [1.165, 1.54) is 70.6 Å². The zero-order valence-electron chi connectivity index (χ0n) is 79.1. The van der Waals surface area contributed by atoms with Crippen LogP contribution in [0.1, 0.15) is 16.7 Å². The highest BCUT2D eigenvalue weighted by Gasteiger charge is 2.24. The molecule has 144 heavy (non-hydrogen) atoms. The second-order valence-corrected chi connectivity index (χ2v) is 36.6. The van der Waals surface area contributed by atoms with E-state index in [1.54, 1.807) is 0 Å². The summed E-state index contributed by atoms with van der Waals surface area (Å²) in [5, 5.41) is 14.3. The average molecular weight is 1840 g/mol. The van der Waals surface area contributed by atoms with Gasteiger partial charge in [-0.05, 0) is 237 Å². The van der Waals surface area contributed by atoms with Gasteiger partial charge in [-0.2, -0.15) is 0 Å². The lowest BCUT2D eigenvalue weighted by molar-refractivity contribution is 1.10. The fourth-order valence-corrected chi connectivity index (χ4v) is 19.9. The van der Waals surface area contributed by atoms with Gasteiger partial charge in [-0.1, -0.05) is 356 Å². The summed E-state index contributed by atoms with van der Waals surface area (Å²) in [7, 11) is 0. The molecule has 0 fully saturated rings. The third kappa shape index (κ3) is 16.8. The first kappa shape index (κ1) is 86.4. The summed E-state index contributed by atoms with van der Waals surface area (Å²) >= 11 is 0. The lowest BCUT2D eigenvalue weighted by Crippen LogP contribution is -1.99. The zero-order chi connectivity index (χ0) is 96.1. The van der Waals surface area contributed by atoms with E-state index in [4.69, 9.17) is 44.9 Å². The van der Waals surface area contributed by atoms with Crippen molar-refractivity contribution in [2.75, 3.05) is 0 Å². The molecule has 0 spiro atoms. The first-order valence-electron chi connectivity index (χ1n) is 48.6. The molecular weight excluding hydrogens is 1750 g/mol. The molecule has 12 nitrogen and oxygen atoms in total. The first-order chi connectivity index (χ1) is 71.0. The number of hydrogen-bond acceptors (Lipinski definition) is 9. The Labute approximate surface area is 832 Å². The molecule has 12 heteroatoms. The molecule has 0 atom stereocenters. The minimum Gasteiger partial charge on any atom is -0.292 e. The van der Waals surface area contributed by atoms with Crippen molar-refractivity contribution in [3.05, 3.63) is 508 Å². The van der Waals surface area contributed by atoms with E-state index >= 15 is 0 Å². The number of rotatable bonds is 15. The van der Waals surface area contributed by atoms with Crippen LogP contribution < -0.4 is 0 Å². The molecule has 678 valence electrons. The quantitative estimate of drug-likeness (QED) is 0.0921. The molecule has 0 N–H and O–H groups in total. The van der Waals surface area contributed by atoms with Crippen LogP contribution in [-0.2, 0) is 0 Å². The Morgan fingerprint density at radius 2 is 0.403 bits per heavy atom. The van der Waals surface area contributed by atoms with E-state index in [9.17, 15) is 0 Å². The second kappa shape index (κ2) is 37.3. The minimum absolute atomic E-state index is 0.674. The average Bonchev–Trinajstić information content (AvgIpc) is 1.25. The highest BCUT2D eigenvalue weighted by atomic mass is 15.1. The second-order valence-electron chi connectivity index (χ2n) is 36.6. The van der Waals surface area contributed by atoms with Gasteiger partial charge in [0.25, 0.3) is 0 Å². The molecule has 0 aliphatic rings. The Bertz CT molecular complexity index is 9280. The molecule has 0 aliphatic heterocycles. The predicted molar refractivity (Wildman–Crippen MR) is 594 cm³/mol. The monoisotopic (exact) mass is 1840 g/mol. The van der Waals surface area contributed by atoms with Gasteiger partial charge < -0.3 is 0 Å². The smallest absolute Gasteiger partial charge is 0.160 e. The molecule has 27 rings (SSSR count). The molecule has 0 radical (unpaired) electrons. The van der Waals surface area contributed by atoms with Gasteiger partial charge >= 0.3 is 0 Å². The van der Waals surface area contributed by atoms with E-state index in [0.717, 1.165) is 179 Å². The highest BCUT2D eigenvalue weighted by molar-refractivity contribution is 6.16. The Kier molecular flexibility index (Phi) is 22.4. The molecular formula is C132H90N12. The Hall–Kier alpha value is -19.2. The molecule has 6 heterocycles. The molecule has 0 saturated heterocycles. The maximum atomic E-state index is 5.38. The number of hydrogen-bond donors (Lipinski definition) is 0. The lowest BCUT2D eigenvalue weighted by Gasteiger charge is -2.15. The topological polar surface area (TPSA) is 131 Å². The summed E-state index contributed by atoms with van der Waals surface area (Å²) in [6, 6.07) is 172. The van der Waals surface area contributed by atoms with Gasteiger partial charge in [0.15, 0.2) is 17.5 Å². The Morgan fingerprint density at radius 3 is 0.743 bits per heavy atom. The van der Waals surface area contributed by atoms with Gasteiger partial charge in [0.05, 0.1) is 67.3 Å². The Balaban J connectivity index is 0.000000115. The standard InChI is InChI=1S/C52H34N4.C44H30N4.C36H26N4/c1-33-22-24-35(25-23-33)52-55-47-20-10-11-21-50(47)56(52)38-28-26-34(27-29-38)51-53-48(45-30-36-12-2-4-14-39(36)41-16-6-8-18-43(41)45)32-49(54-51)46-31-37-13-3-5-15-40(37)42-17-7-9-19-44(42)46;1-29-14-16-33(17-15-29)44-47-39-12-6-7-13-42(39)48(44)38-24-22-32(23-25-38)43-45-40(36-20-18-30-8-2-4-10-34(30)26-36)28-41(46-43)37-21-19-31-9-3-5-11-35(31)27-37;1-25-16-18-29(19-17-25)36-39-31-14-8-9-15-34(31)40(36)30-22-20-28(21-23-30)35-37-32(26-10-4-2-5-11-26)24-33(38-35)27-12-6-3-7-13-27/h2-32H,1H3;2-28H,1H3;2-24H,1H3. The molecule has 0 saturated carbocycles. The van der Waals surface area contributed by atoms with Crippen LogP contribution in [0.2, 0.25) is 0 Å². The zero-order valence-corrected chi connectivity index (χ0v) is 79.1. The third-order valence-corrected chi connectivity index (χ3v) is 27.3. The maximum Gasteiger partial charge on any atom is 0.160 e. The molecule has 6 aromatic heterocycles. The molecule has 0 aliphatic carbocycles. The molecule has 0 unspecified atom stereocenters. The van der Waals surface area contributed by atoms with E-state index in [1.807, 2.05) is 54.6 Å². The van der Waals surface area contributed by atoms with Crippen molar-refractivity contribution in [1.29, 1.82) is 0 Å². The van der Waals surface area contributed by atoms with Gasteiger partial charge in [0.2, 0.25) is 0 Å². The number of imidazole rings is 3. The number of para-hydroxylation sites is 6. The SMILES string of the molecule is Cc1ccc(-c2nc3ccccc3n2-c2ccc(-c3nc(-c4cc5ccccc5c5ccccc45)cc(-c4cc5ccccc5c5ccccc45)n3)cc2)cc1.Cc1ccc(-c2nc3ccccc3n2-c2ccc(-c3nc(-c4ccc5ccccc5c4)cc(-c4ccc5ccccc5c4)n3)cc2)cc1.Cc1ccc(-c2nc3ccccc3n2-c2ccc(-c3nc(-c4ccccc4)cc(-c4ccccc4)n3)cc2)cc1. The van der Waals surface area contributed by atoms with Crippen molar-refractivity contribution in [3.8, 4) is 153 Å². The van der Waals surface area contributed by atoms with E-state index < -0.39 is 0 Å². The van der Waals surface area contributed by atoms with Crippen LogP contribution in [0.5, 0.6) is 0 Å². The van der Waals surface area contributed by atoms with Crippen molar-refractivity contribution in [2.24, 2.45) is 0 Å². The first-order valence-corrected chi connectivity index (χ1v) is 48.6. The van der Waals surface area contributed by atoms with Crippen LogP contribution in [0.25, 0.3) is 251 Å². The van der Waals surface area contributed by atoms with Gasteiger partial charge in [-0.3, -0.25) is 13.7 Å². The summed E-state index contributed by atoms with van der Waals surface area (Å²) in [5.74, 6) is 4.80. The summed E-state index contributed by atoms with van der Waals surface area (Å²) in [5.41, 5.74) is 30.7. The van der Waals surface area contributed by atoms with E-state index in [0.29, 0.717) is 17.5 Å². The van der Waals surface area contributed by atoms with Crippen LogP contribution in [0.3, 0.4) is 0 Å². The third-order valence-electron chi connectivity index (χ3n) is 27.3. The summed E-state index contributed by atoms with van der Waals surface area (Å²) in [6.45, 7) is 6.32. The normalized spacial score (nSPS) is 11.4. The highest BCUT2D eigenvalue weighted by Crippen LogP contribution is 2.43. The van der Waals surface area contributed by atoms with Gasteiger partial charge in [0.1, 0.15) is 17.5 Å². The largest absolute Gasteiger partial charge is 0.292 e. The van der Waals surface area contributed by atoms with E-state index in [-0.39, 0.29) is 0 Å². The molecule has 0 amide bonds. The van der Waals surface area contributed by atoms with Crippen molar-refractivity contribution < 1.29 is 0 Å². The number of benzene rings is 21. The van der Waals surface area contributed by atoms with E-state index in [2.05, 4.69) is 471 Å². The number of nitrogens with zero attached hydrogens (tertiary/aromatic N) is 12. The lowest BCUT2D eigenvalue weighted by atomic mass is 9.93. The fourth-order valence-electron chi connectivity index (χ4n) is 19.9. The van der Waals surface area contributed by atoms with Crippen molar-refractivity contribution >= 4 is 97.7 Å². The number of aromatic nitrogens is 12. The van der Waals surface area contributed by atoms with Crippen LogP contribution >= 0.6 is 0 Å². The number of fused-ring (bicyclic) bond motifs is 11. The predicted octanol–water partition coefficient (Wildman–Crippen LogP) is 33.3. The van der Waals surface area contributed by atoms with Gasteiger partial charge in [0, 0.05) is 83.8 Å².